The molecule has 3 rings (SSSR count). The average Bonchev–Trinajstić information content (AvgIpc) is 3.06. The fraction of sp³-hybridized carbons (Fsp3) is 0.125. The van der Waals surface area contributed by atoms with Crippen LogP contribution in [0.4, 0.5) is 5.69 Å². The third-order valence-corrected chi connectivity index (χ3v) is 3.42. The van der Waals surface area contributed by atoms with Crippen LogP contribution < -0.4 is 5.32 Å². The van der Waals surface area contributed by atoms with Crippen LogP contribution in [-0.4, -0.2) is 26.1 Å². The summed E-state index contributed by atoms with van der Waals surface area (Å²) in [4.78, 5) is 20.2. The molecule has 0 saturated heterocycles. The zero-order valence-electron chi connectivity index (χ0n) is 12.4. The maximum Gasteiger partial charge on any atom is 0.227 e. The van der Waals surface area contributed by atoms with Gasteiger partial charge in [-0.1, -0.05) is 16.8 Å². The Labute approximate surface area is 142 Å². The summed E-state index contributed by atoms with van der Waals surface area (Å²) in [5, 5.41) is 16.5. The van der Waals surface area contributed by atoms with Crippen molar-refractivity contribution in [1.29, 1.82) is 0 Å². The number of benzene rings is 1. The van der Waals surface area contributed by atoms with Crippen molar-refractivity contribution >= 4 is 23.2 Å². The summed E-state index contributed by atoms with van der Waals surface area (Å²) in [5.74, 6) is 0.420. The Bertz CT molecular complexity index is 852. The number of hydrogen-bond acceptors (Lipinski definition) is 6. The molecule has 24 heavy (non-hydrogen) atoms. The minimum atomic E-state index is -0.298. The van der Waals surface area contributed by atoms with E-state index in [9.17, 15) is 9.90 Å². The fourth-order valence-electron chi connectivity index (χ4n) is 2.01. The van der Waals surface area contributed by atoms with E-state index in [1.807, 2.05) is 6.07 Å². The highest BCUT2D eigenvalue weighted by molar-refractivity contribution is 6.31. The van der Waals surface area contributed by atoms with Gasteiger partial charge in [-0.25, -0.2) is 0 Å². The van der Waals surface area contributed by atoms with E-state index in [1.165, 1.54) is 18.2 Å². The van der Waals surface area contributed by atoms with Gasteiger partial charge in [0.2, 0.25) is 17.6 Å². The summed E-state index contributed by atoms with van der Waals surface area (Å²) in [6, 6.07) is 8.01. The maximum atomic E-state index is 12.0. The molecule has 0 aliphatic carbocycles. The molecule has 122 valence electrons. The van der Waals surface area contributed by atoms with Crippen LogP contribution in [0.2, 0.25) is 5.02 Å². The van der Waals surface area contributed by atoms with Crippen molar-refractivity contribution in [1.82, 2.24) is 15.1 Å². The van der Waals surface area contributed by atoms with Crippen LogP contribution in [0.1, 0.15) is 12.3 Å². The Morgan fingerprint density at radius 3 is 3.00 bits per heavy atom. The van der Waals surface area contributed by atoms with Crippen molar-refractivity contribution in [3.05, 3.63) is 53.6 Å². The molecular weight excluding hydrogens is 332 g/mol. The van der Waals surface area contributed by atoms with Gasteiger partial charge in [0.1, 0.15) is 5.75 Å². The van der Waals surface area contributed by atoms with Crippen LogP contribution in [0.25, 0.3) is 11.4 Å². The van der Waals surface area contributed by atoms with Gasteiger partial charge in [0.15, 0.2) is 0 Å². The second-order valence-electron chi connectivity index (χ2n) is 4.96. The largest absolute Gasteiger partial charge is 0.506 e. The second-order valence-corrected chi connectivity index (χ2v) is 5.40. The summed E-state index contributed by atoms with van der Waals surface area (Å²) in [6.07, 6.45) is 3.68. The Hall–Kier alpha value is -2.93. The zero-order chi connectivity index (χ0) is 16.9. The monoisotopic (exact) mass is 344 g/mol. The lowest BCUT2D eigenvalue weighted by Crippen LogP contribution is -2.12. The van der Waals surface area contributed by atoms with Gasteiger partial charge in [-0.3, -0.25) is 9.78 Å². The number of aromatic nitrogens is 3. The molecule has 2 aromatic heterocycles. The number of carbonyl (C=O) groups is 1. The van der Waals surface area contributed by atoms with E-state index in [0.717, 1.165) is 5.56 Å². The molecule has 0 aliphatic heterocycles. The minimum absolute atomic E-state index is 0.0515. The van der Waals surface area contributed by atoms with E-state index in [0.29, 0.717) is 16.7 Å². The third kappa shape index (κ3) is 3.88. The average molecular weight is 345 g/mol. The van der Waals surface area contributed by atoms with Gasteiger partial charge in [-0.2, -0.15) is 4.98 Å². The van der Waals surface area contributed by atoms with Crippen LogP contribution in [0.15, 0.2) is 47.2 Å². The highest BCUT2D eigenvalue weighted by Gasteiger charge is 2.12. The number of hydrogen-bond donors (Lipinski definition) is 2. The molecule has 0 bridgehead atoms. The molecule has 1 aromatic carbocycles. The van der Waals surface area contributed by atoms with Gasteiger partial charge in [0.05, 0.1) is 5.69 Å². The first kappa shape index (κ1) is 15.9. The second kappa shape index (κ2) is 7.10. The van der Waals surface area contributed by atoms with Crippen LogP contribution in [0.5, 0.6) is 5.75 Å². The van der Waals surface area contributed by atoms with Crippen molar-refractivity contribution < 1.29 is 14.4 Å². The Morgan fingerprint density at radius 1 is 1.33 bits per heavy atom. The summed E-state index contributed by atoms with van der Waals surface area (Å²) in [6.45, 7) is 0. The number of nitrogens with zero attached hydrogens (tertiary/aromatic N) is 3. The van der Waals surface area contributed by atoms with E-state index in [1.54, 1.807) is 18.5 Å². The quantitative estimate of drug-likeness (QED) is 0.690. The fourth-order valence-corrected chi connectivity index (χ4v) is 2.18. The van der Waals surface area contributed by atoms with Crippen LogP contribution in [0.3, 0.4) is 0 Å². The zero-order valence-corrected chi connectivity index (χ0v) is 13.2. The first-order chi connectivity index (χ1) is 11.6. The van der Waals surface area contributed by atoms with Gasteiger partial charge < -0.3 is 14.9 Å². The third-order valence-electron chi connectivity index (χ3n) is 3.19. The molecule has 7 nitrogen and oxygen atoms in total. The number of carbonyl (C=O) groups excluding carboxylic acids is 1. The Kier molecular flexibility index (Phi) is 4.72. The molecule has 0 unspecified atom stereocenters. The van der Waals surface area contributed by atoms with Crippen LogP contribution in [-0.2, 0) is 11.2 Å². The first-order valence-corrected chi connectivity index (χ1v) is 7.51. The van der Waals surface area contributed by atoms with Crippen LogP contribution in [0, 0.1) is 0 Å². The number of phenolic OH excluding ortho intramolecular Hbond substituents is 1. The van der Waals surface area contributed by atoms with Gasteiger partial charge >= 0.3 is 0 Å². The van der Waals surface area contributed by atoms with Crippen molar-refractivity contribution in [2.24, 2.45) is 0 Å². The number of amides is 1. The predicted octanol–water partition coefficient (Wildman–Crippen LogP) is 3.06. The van der Waals surface area contributed by atoms with E-state index in [2.05, 4.69) is 20.4 Å². The van der Waals surface area contributed by atoms with Gasteiger partial charge in [-0.15, -0.1) is 0 Å². The Morgan fingerprint density at radius 2 is 2.21 bits per heavy atom. The minimum Gasteiger partial charge on any atom is -0.506 e. The normalized spacial score (nSPS) is 10.5. The highest BCUT2D eigenvalue weighted by atomic mass is 35.5. The number of nitrogens with one attached hydrogen (secondary N) is 1. The number of pyridine rings is 1. The molecule has 1 amide bonds. The van der Waals surface area contributed by atoms with E-state index in [4.69, 9.17) is 16.1 Å². The standard InChI is InChI=1S/C16H13ClN4O3/c17-11-3-4-13(22)12(8-11)19-14(23)5-6-15-20-16(21-24-15)10-2-1-7-18-9-10/h1-4,7-9,22H,5-6H2,(H,19,23). The van der Waals surface area contributed by atoms with Crippen LogP contribution >= 0.6 is 11.6 Å². The number of anilines is 1. The molecule has 2 N–H and O–H groups in total. The SMILES string of the molecule is O=C(CCc1nc(-c2cccnc2)no1)Nc1cc(Cl)ccc1O. The van der Waals surface area contributed by atoms with Crippen molar-refractivity contribution in [2.45, 2.75) is 12.8 Å². The van der Waals surface area contributed by atoms with E-state index < -0.39 is 0 Å². The highest BCUT2D eigenvalue weighted by Crippen LogP contribution is 2.26. The molecule has 2 heterocycles. The lowest BCUT2D eigenvalue weighted by atomic mass is 10.2. The maximum absolute atomic E-state index is 12.0. The lowest BCUT2D eigenvalue weighted by molar-refractivity contribution is -0.116. The van der Waals surface area contributed by atoms with Gasteiger partial charge in [-0.05, 0) is 30.3 Å². The topological polar surface area (TPSA) is 101 Å². The number of rotatable bonds is 5. The summed E-state index contributed by atoms with van der Waals surface area (Å²) < 4.78 is 5.12. The van der Waals surface area contributed by atoms with Crippen molar-refractivity contribution in [3.63, 3.8) is 0 Å². The van der Waals surface area contributed by atoms with Crippen molar-refractivity contribution in [3.8, 4) is 17.1 Å². The van der Waals surface area contributed by atoms with Gasteiger partial charge in [0.25, 0.3) is 0 Å². The summed E-state index contributed by atoms with van der Waals surface area (Å²) >= 11 is 5.83. The molecule has 3 aromatic rings. The number of phenols is 1. The molecule has 0 atom stereocenters. The molecule has 0 aliphatic rings. The molecule has 0 radical (unpaired) electrons. The number of halogens is 1. The molecular formula is C16H13ClN4O3. The van der Waals surface area contributed by atoms with E-state index >= 15 is 0 Å². The predicted molar refractivity (Wildman–Crippen MR) is 87.6 cm³/mol. The lowest BCUT2D eigenvalue weighted by Gasteiger charge is -2.06. The van der Waals surface area contributed by atoms with Crippen molar-refractivity contribution in [2.75, 3.05) is 5.32 Å². The Balaban J connectivity index is 1.59. The number of aromatic hydroxyl groups is 1. The van der Waals surface area contributed by atoms with Gasteiger partial charge in [0, 0.05) is 35.8 Å². The molecule has 0 fully saturated rings. The smallest absolute Gasteiger partial charge is 0.227 e. The number of aryl methyl sites for hydroxylation is 1. The molecule has 8 heteroatoms. The molecule has 0 saturated carbocycles. The first-order valence-electron chi connectivity index (χ1n) is 7.13. The summed E-state index contributed by atoms with van der Waals surface area (Å²) in [5.41, 5.74) is 0.995. The van der Waals surface area contributed by atoms with E-state index in [-0.39, 0.29) is 30.2 Å². The summed E-state index contributed by atoms with van der Waals surface area (Å²) in [7, 11) is 0. The molecule has 0 spiro atoms.